The van der Waals surface area contributed by atoms with Crippen molar-refractivity contribution in [2.75, 3.05) is 0 Å². The quantitative estimate of drug-likeness (QED) is 0.225. The summed E-state index contributed by atoms with van der Waals surface area (Å²) in [5.74, 6) is 0. The normalized spacial score (nSPS) is 12.5. The summed E-state index contributed by atoms with van der Waals surface area (Å²) in [6, 6.07) is 37.6. The number of aromatic nitrogens is 1. The van der Waals surface area contributed by atoms with Crippen LogP contribution in [0.25, 0.3) is 94.1 Å². The maximum absolute atomic E-state index is 6.14. The lowest BCUT2D eigenvalue weighted by molar-refractivity contribution is 0.669. The minimum Gasteiger partial charge on any atom is -0.456 e. The molecule has 0 amide bonds. The van der Waals surface area contributed by atoms with Gasteiger partial charge in [-0.3, -0.25) is 0 Å². The van der Waals surface area contributed by atoms with E-state index in [9.17, 15) is 0 Å². The molecule has 0 spiro atoms. The van der Waals surface area contributed by atoms with E-state index in [1.54, 1.807) is 0 Å². The summed E-state index contributed by atoms with van der Waals surface area (Å²) in [5.41, 5.74) is 10.3. The molecule has 2 heteroatoms. The summed E-state index contributed by atoms with van der Waals surface area (Å²) in [5, 5.41) is 9.88. The van der Waals surface area contributed by atoms with Crippen LogP contribution in [-0.4, -0.2) is 4.40 Å². The second-order valence-electron chi connectivity index (χ2n) is 11.0. The molecule has 41 heavy (non-hydrogen) atoms. The zero-order chi connectivity index (χ0) is 27.2. The van der Waals surface area contributed by atoms with Gasteiger partial charge >= 0.3 is 0 Å². The number of allylic oxidation sites excluding steroid dienone is 1. The van der Waals surface area contributed by atoms with E-state index in [1.165, 1.54) is 65.6 Å². The first-order valence-corrected chi connectivity index (χ1v) is 14.1. The molecule has 0 N–H and O–H groups in total. The lowest BCUT2D eigenvalue weighted by Crippen LogP contribution is -1.85. The summed E-state index contributed by atoms with van der Waals surface area (Å²) in [6.07, 6.45) is 6.24. The third-order valence-electron chi connectivity index (χ3n) is 8.74. The Bertz CT molecular complexity index is 2550. The minimum atomic E-state index is 0.918. The van der Waals surface area contributed by atoms with E-state index in [1.807, 2.05) is 18.2 Å². The molecule has 0 unspecified atom stereocenters. The van der Waals surface area contributed by atoms with Crippen molar-refractivity contribution in [2.45, 2.75) is 6.92 Å². The van der Waals surface area contributed by atoms with Gasteiger partial charge in [0.1, 0.15) is 11.2 Å². The Morgan fingerprint density at radius 1 is 0.585 bits per heavy atom. The Balaban J connectivity index is 1.45. The van der Waals surface area contributed by atoms with Crippen LogP contribution in [0.5, 0.6) is 0 Å². The number of hydrogen-bond donors (Lipinski definition) is 0. The predicted molar refractivity (Wildman–Crippen MR) is 176 cm³/mol. The van der Waals surface area contributed by atoms with Crippen molar-refractivity contribution in [1.82, 2.24) is 4.40 Å². The van der Waals surface area contributed by atoms with Crippen LogP contribution >= 0.6 is 0 Å². The highest BCUT2D eigenvalue weighted by molar-refractivity contribution is 6.26. The number of nitrogens with zero attached hydrogens (tertiary/aromatic N) is 1. The second kappa shape index (κ2) is 8.09. The summed E-state index contributed by atoms with van der Waals surface area (Å²) >= 11 is 0. The summed E-state index contributed by atoms with van der Waals surface area (Å²) in [7, 11) is 0. The number of hydrogen-bond acceptors (Lipinski definition) is 1. The SMILES string of the molecule is C=Cc1cc2c3cc(-c4ccc5oc6ccccc6c5c4)cc4c5cc6ccccc6cc5n(c2cc1/C=C\C)c34. The molecule has 0 radical (unpaired) electrons. The van der Waals surface area contributed by atoms with Crippen molar-refractivity contribution in [2.24, 2.45) is 0 Å². The molecule has 9 aromatic rings. The first-order valence-electron chi connectivity index (χ1n) is 14.1. The highest BCUT2D eigenvalue weighted by Gasteiger charge is 2.21. The van der Waals surface area contributed by atoms with Gasteiger partial charge in [-0.15, -0.1) is 0 Å². The van der Waals surface area contributed by atoms with Crippen LogP contribution in [0.3, 0.4) is 0 Å². The molecule has 0 atom stereocenters. The molecule has 0 aliphatic carbocycles. The maximum atomic E-state index is 6.14. The van der Waals surface area contributed by atoms with Crippen LogP contribution in [-0.2, 0) is 0 Å². The number of para-hydroxylation sites is 1. The Kier molecular flexibility index (Phi) is 4.44. The van der Waals surface area contributed by atoms with Gasteiger partial charge in [-0.1, -0.05) is 73.3 Å². The van der Waals surface area contributed by atoms with Gasteiger partial charge in [0.2, 0.25) is 0 Å². The van der Waals surface area contributed by atoms with Crippen LogP contribution in [0.1, 0.15) is 18.1 Å². The average molecular weight is 524 g/mol. The molecule has 0 fully saturated rings. The van der Waals surface area contributed by atoms with Crippen molar-refractivity contribution in [3.63, 3.8) is 0 Å². The molecule has 0 bridgehead atoms. The van der Waals surface area contributed by atoms with Crippen molar-refractivity contribution < 1.29 is 4.42 Å². The smallest absolute Gasteiger partial charge is 0.135 e. The largest absolute Gasteiger partial charge is 0.456 e. The van der Waals surface area contributed by atoms with Crippen LogP contribution in [0.2, 0.25) is 0 Å². The van der Waals surface area contributed by atoms with E-state index in [0.717, 1.165) is 27.5 Å². The van der Waals surface area contributed by atoms with Gasteiger partial charge in [0.25, 0.3) is 0 Å². The molecular weight excluding hydrogens is 498 g/mol. The van der Waals surface area contributed by atoms with Crippen LogP contribution in [0.15, 0.2) is 120 Å². The number of fused-ring (bicyclic) bond motifs is 10. The van der Waals surface area contributed by atoms with Gasteiger partial charge in [-0.25, -0.2) is 0 Å². The van der Waals surface area contributed by atoms with E-state index < -0.39 is 0 Å². The number of rotatable bonds is 3. The second-order valence-corrected chi connectivity index (χ2v) is 11.0. The summed E-state index contributed by atoms with van der Waals surface area (Å²) < 4.78 is 8.61. The fraction of sp³-hybridized carbons (Fsp3) is 0.0256. The lowest BCUT2D eigenvalue weighted by Gasteiger charge is -2.07. The molecule has 0 aliphatic rings. The molecule has 3 heterocycles. The van der Waals surface area contributed by atoms with E-state index >= 15 is 0 Å². The van der Waals surface area contributed by atoms with Crippen molar-refractivity contribution in [1.29, 1.82) is 0 Å². The van der Waals surface area contributed by atoms with Gasteiger partial charge in [-0.05, 0) is 94.5 Å². The molecule has 192 valence electrons. The van der Waals surface area contributed by atoms with Crippen LogP contribution in [0, 0.1) is 0 Å². The Labute approximate surface area is 236 Å². The third-order valence-corrected chi connectivity index (χ3v) is 8.74. The molecule has 0 saturated carbocycles. The minimum absolute atomic E-state index is 0.918. The van der Waals surface area contributed by atoms with Crippen molar-refractivity contribution >= 4 is 83.0 Å². The van der Waals surface area contributed by atoms with Gasteiger partial charge < -0.3 is 8.82 Å². The maximum Gasteiger partial charge on any atom is 0.135 e. The zero-order valence-corrected chi connectivity index (χ0v) is 22.6. The topological polar surface area (TPSA) is 17.6 Å². The number of furan rings is 1. The van der Waals surface area contributed by atoms with Gasteiger partial charge in [0.05, 0.1) is 16.6 Å². The van der Waals surface area contributed by atoms with E-state index in [0.29, 0.717) is 0 Å². The van der Waals surface area contributed by atoms with Gasteiger partial charge in [-0.2, -0.15) is 0 Å². The standard InChI is InChI=1S/C39H25NO/c1-3-9-24-21-35-30(16-23(24)4-2)33-19-28(27-14-15-38-32(18-27)29-12-7-8-13-37(29)41-38)20-34-31-17-25-10-5-6-11-26(25)22-36(31)40(35)39(33)34/h3-22H,2H2,1H3/b9-3-. The fourth-order valence-electron chi connectivity index (χ4n) is 6.88. The van der Waals surface area contributed by atoms with Crippen molar-refractivity contribution in [3.05, 3.63) is 127 Å². The molecule has 3 aromatic heterocycles. The van der Waals surface area contributed by atoms with Crippen molar-refractivity contribution in [3.8, 4) is 11.1 Å². The highest BCUT2D eigenvalue weighted by atomic mass is 16.3. The zero-order valence-electron chi connectivity index (χ0n) is 22.6. The van der Waals surface area contributed by atoms with Crippen LogP contribution < -0.4 is 0 Å². The molecule has 0 saturated heterocycles. The molecule has 0 aliphatic heterocycles. The number of benzene rings is 6. The fourth-order valence-corrected chi connectivity index (χ4v) is 6.88. The summed E-state index contributed by atoms with van der Waals surface area (Å²) in [4.78, 5) is 0. The third kappa shape index (κ3) is 3.02. The molecule has 6 aromatic carbocycles. The van der Waals surface area contributed by atoms with Gasteiger partial charge in [0, 0.05) is 32.3 Å². The van der Waals surface area contributed by atoms with Crippen LogP contribution in [0.4, 0.5) is 0 Å². The average Bonchev–Trinajstić information content (AvgIpc) is 3.65. The molecule has 9 rings (SSSR count). The lowest BCUT2D eigenvalue weighted by atomic mass is 9.96. The first-order chi connectivity index (χ1) is 20.2. The first kappa shape index (κ1) is 22.5. The summed E-state index contributed by atoms with van der Waals surface area (Å²) in [6.45, 7) is 6.20. The molecule has 2 nitrogen and oxygen atoms in total. The van der Waals surface area contributed by atoms with Gasteiger partial charge in [0.15, 0.2) is 0 Å². The van der Waals surface area contributed by atoms with E-state index in [4.69, 9.17) is 4.42 Å². The predicted octanol–water partition coefficient (Wildman–Crippen LogP) is 11.2. The van der Waals surface area contributed by atoms with E-state index in [2.05, 4.69) is 121 Å². The Morgan fingerprint density at radius 3 is 2.07 bits per heavy atom. The monoisotopic (exact) mass is 523 g/mol. The highest BCUT2D eigenvalue weighted by Crippen LogP contribution is 2.44. The Morgan fingerprint density at radius 2 is 1.27 bits per heavy atom. The Hall–Kier alpha value is -5.34. The van der Waals surface area contributed by atoms with E-state index in [-0.39, 0.29) is 0 Å². The molecular formula is C39H25NO.